The van der Waals surface area contributed by atoms with Crippen molar-refractivity contribution in [1.82, 2.24) is 15.2 Å². The predicted octanol–water partition coefficient (Wildman–Crippen LogP) is 1.93. The van der Waals surface area contributed by atoms with Gasteiger partial charge < -0.3 is 19.9 Å². The lowest BCUT2D eigenvalue weighted by Gasteiger charge is -2.19. The van der Waals surface area contributed by atoms with Gasteiger partial charge in [0, 0.05) is 43.7 Å². The number of hydrogen-bond acceptors (Lipinski definition) is 6. The molecular formula is C15H28N4OS. The van der Waals surface area contributed by atoms with E-state index in [4.69, 9.17) is 9.72 Å². The van der Waals surface area contributed by atoms with Crippen LogP contribution in [0.4, 0.5) is 5.13 Å². The normalized spacial score (nSPS) is 19.2. The monoisotopic (exact) mass is 312 g/mol. The Balaban J connectivity index is 2.08. The second-order valence-corrected chi connectivity index (χ2v) is 7.25. The van der Waals surface area contributed by atoms with E-state index in [9.17, 15) is 0 Å². The number of likely N-dealkylation sites (N-methyl/N-ethyl adjacent to an activating group) is 1. The SMILES string of the molecule is COCc1nc(N2CCC(N(C)C)C2)sc1CNC(C)C. The first-order valence-corrected chi connectivity index (χ1v) is 8.45. The summed E-state index contributed by atoms with van der Waals surface area (Å²) in [6, 6.07) is 1.12. The largest absolute Gasteiger partial charge is 0.378 e. The summed E-state index contributed by atoms with van der Waals surface area (Å²) in [7, 11) is 6.05. The molecule has 1 unspecified atom stereocenters. The molecule has 2 rings (SSSR count). The molecule has 0 radical (unpaired) electrons. The quantitative estimate of drug-likeness (QED) is 0.833. The van der Waals surface area contributed by atoms with Gasteiger partial charge in [-0.05, 0) is 20.5 Å². The summed E-state index contributed by atoms with van der Waals surface area (Å²) in [5.41, 5.74) is 1.08. The summed E-state index contributed by atoms with van der Waals surface area (Å²) < 4.78 is 5.30. The van der Waals surface area contributed by atoms with Crippen LogP contribution in [-0.4, -0.2) is 56.3 Å². The zero-order valence-corrected chi connectivity index (χ0v) is 14.7. The minimum atomic E-state index is 0.482. The highest BCUT2D eigenvalue weighted by atomic mass is 32.1. The molecule has 0 aromatic carbocycles. The van der Waals surface area contributed by atoms with Gasteiger partial charge in [-0.15, -0.1) is 11.3 Å². The molecule has 1 aliphatic heterocycles. The van der Waals surface area contributed by atoms with E-state index in [-0.39, 0.29) is 0 Å². The maximum absolute atomic E-state index is 5.30. The third-order valence-corrected chi connectivity index (χ3v) is 5.04. The molecule has 1 saturated heterocycles. The van der Waals surface area contributed by atoms with Crippen LogP contribution in [0.3, 0.4) is 0 Å². The van der Waals surface area contributed by atoms with Gasteiger partial charge >= 0.3 is 0 Å². The van der Waals surface area contributed by atoms with E-state index in [1.54, 1.807) is 18.4 Å². The molecule has 6 heteroatoms. The van der Waals surface area contributed by atoms with Gasteiger partial charge in [-0.2, -0.15) is 0 Å². The molecule has 1 aromatic rings. The Labute approximate surface area is 132 Å². The Morgan fingerprint density at radius 3 is 2.81 bits per heavy atom. The molecule has 0 aliphatic carbocycles. The molecule has 21 heavy (non-hydrogen) atoms. The Bertz CT molecular complexity index is 447. The van der Waals surface area contributed by atoms with Crippen molar-refractivity contribution in [3.63, 3.8) is 0 Å². The smallest absolute Gasteiger partial charge is 0.185 e. The number of hydrogen-bond donors (Lipinski definition) is 1. The Kier molecular flexibility index (Phi) is 5.98. The van der Waals surface area contributed by atoms with Crippen molar-refractivity contribution in [1.29, 1.82) is 0 Å². The lowest BCUT2D eigenvalue weighted by molar-refractivity contribution is 0.181. The fourth-order valence-corrected chi connectivity index (χ4v) is 3.58. The van der Waals surface area contributed by atoms with Crippen molar-refractivity contribution in [2.75, 3.05) is 39.2 Å². The number of thiazole rings is 1. The third kappa shape index (κ3) is 4.39. The van der Waals surface area contributed by atoms with Gasteiger partial charge in [0.05, 0.1) is 12.3 Å². The lowest BCUT2D eigenvalue weighted by atomic mass is 10.2. The minimum absolute atomic E-state index is 0.482. The number of nitrogens with zero attached hydrogens (tertiary/aromatic N) is 3. The lowest BCUT2D eigenvalue weighted by Crippen LogP contribution is -2.31. The molecule has 0 saturated carbocycles. The van der Waals surface area contributed by atoms with Crippen LogP contribution in [0.5, 0.6) is 0 Å². The molecule has 0 bridgehead atoms. The van der Waals surface area contributed by atoms with Crippen LogP contribution < -0.4 is 10.2 Å². The van der Waals surface area contributed by atoms with Gasteiger partial charge in [0.2, 0.25) is 0 Å². The molecule has 5 nitrogen and oxygen atoms in total. The Morgan fingerprint density at radius 1 is 1.48 bits per heavy atom. The average Bonchev–Trinajstić information content (AvgIpc) is 3.03. The van der Waals surface area contributed by atoms with E-state index in [2.05, 4.69) is 43.1 Å². The number of anilines is 1. The van der Waals surface area contributed by atoms with Crippen molar-refractivity contribution < 1.29 is 4.74 Å². The molecular weight excluding hydrogens is 284 g/mol. The average molecular weight is 312 g/mol. The van der Waals surface area contributed by atoms with Crippen LogP contribution in [0.25, 0.3) is 0 Å². The summed E-state index contributed by atoms with van der Waals surface area (Å²) in [4.78, 5) is 10.8. The van der Waals surface area contributed by atoms with Crippen molar-refractivity contribution in [3.05, 3.63) is 10.6 Å². The highest BCUT2D eigenvalue weighted by molar-refractivity contribution is 7.15. The number of nitrogens with one attached hydrogen (secondary N) is 1. The second kappa shape index (κ2) is 7.54. The van der Waals surface area contributed by atoms with E-state index >= 15 is 0 Å². The standard InChI is InChI=1S/C15H28N4OS/c1-11(2)16-8-14-13(10-20-5)17-15(21-14)19-7-6-12(9-19)18(3)4/h11-12,16H,6-10H2,1-5H3. The predicted molar refractivity (Wildman–Crippen MR) is 89.1 cm³/mol. The van der Waals surface area contributed by atoms with Crippen LogP contribution >= 0.6 is 11.3 Å². The summed E-state index contributed by atoms with van der Waals surface area (Å²) >= 11 is 1.81. The topological polar surface area (TPSA) is 40.6 Å². The molecule has 1 fully saturated rings. The van der Waals surface area contributed by atoms with Gasteiger partial charge in [-0.3, -0.25) is 0 Å². The van der Waals surface area contributed by atoms with Gasteiger partial charge in [0.1, 0.15) is 0 Å². The fraction of sp³-hybridized carbons (Fsp3) is 0.800. The van der Waals surface area contributed by atoms with Crippen LogP contribution in [0.1, 0.15) is 30.8 Å². The number of ether oxygens (including phenoxy) is 1. The zero-order chi connectivity index (χ0) is 15.4. The first-order chi connectivity index (χ1) is 10.0. The van der Waals surface area contributed by atoms with E-state index in [0.29, 0.717) is 18.7 Å². The molecule has 2 heterocycles. The molecule has 1 aliphatic rings. The van der Waals surface area contributed by atoms with Crippen LogP contribution in [0, 0.1) is 0 Å². The molecule has 0 spiro atoms. The fourth-order valence-electron chi connectivity index (χ4n) is 2.53. The molecule has 0 amide bonds. The molecule has 120 valence electrons. The van der Waals surface area contributed by atoms with Gasteiger partial charge in [0.15, 0.2) is 5.13 Å². The Morgan fingerprint density at radius 2 is 2.24 bits per heavy atom. The Hall–Kier alpha value is -0.690. The van der Waals surface area contributed by atoms with Crippen LogP contribution in [0.15, 0.2) is 0 Å². The highest BCUT2D eigenvalue weighted by Crippen LogP contribution is 2.30. The number of aromatic nitrogens is 1. The van der Waals surface area contributed by atoms with Crippen molar-refractivity contribution in [3.8, 4) is 0 Å². The van der Waals surface area contributed by atoms with E-state index < -0.39 is 0 Å². The minimum Gasteiger partial charge on any atom is -0.378 e. The summed E-state index contributed by atoms with van der Waals surface area (Å²) in [5, 5.41) is 4.62. The summed E-state index contributed by atoms with van der Waals surface area (Å²) in [6.45, 7) is 7.97. The van der Waals surface area contributed by atoms with Crippen molar-refractivity contribution >= 4 is 16.5 Å². The van der Waals surface area contributed by atoms with Gasteiger partial charge in [0.25, 0.3) is 0 Å². The summed E-state index contributed by atoms with van der Waals surface area (Å²) in [5.74, 6) is 0. The highest BCUT2D eigenvalue weighted by Gasteiger charge is 2.26. The number of rotatable bonds is 7. The molecule has 1 aromatic heterocycles. The second-order valence-electron chi connectivity index (χ2n) is 6.19. The van der Waals surface area contributed by atoms with E-state index in [0.717, 1.165) is 30.5 Å². The first kappa shape index (κ1) is 16.7. The van der Waals surface area contributed by atoms with Gasteiger partial charge in [-0.25, -0.2) is 4.98 Å². The van der Waals surface area contributed by atoms with Gasteiger partial charge in [-0.1, -0.05) is 13.8 Å². The van der Waals surface area contributed by atoms with E-state index in [1.807, 2.05) is 0 Å². The van der Waals surface area contributed by atoms with Crippen LogP contribution in [-0.2, 0) is 17.9 Å². The summed E-state index contributed by atoms with van der Waals surface area (Å²) in [6.07, 6.45) is 1.21. The molecule has 1 N–H and O–H groups in total. The van der Waals surface area contributed by atoms with E-state index in [1.165, 1.54) is 11.3 Å². The third-order valence-electron chi connectivity index (χ3n) is 3.88. The first-order valence-electron chi connectivity index (χ1n) is 7.63. The van der Waals surface area contributed by atoms with Crippen LogP contribution in [0.2, 0.25) is 0 Å². The van der Waals surface area contributed by atoms with Crippen molar-refractivity contribution in [2.24, 2.45) is 0 Å². The zero-order valence-electron chi connectivity index (χ0n) is 13.8. The maximum Gasteiger partial charge on any atom is 0.185 e. The molecule has 1 atom stereocenters. The maximum atomic E-state index is 5.30. The number of methoxy groups -OCH3 is 1. The van der Waals surface area contributed by atoms with Crippen molar-refractivity contribution in [2.45, 2.75) is 45.5 Å².